The molecule has 2 N–H and O–H groups in total. The van der Waals surface area contributed by atoms with Crippen molar-refractivity contribution in [1.82, 2.24) is 4.98 Å². The number of anilines is 2. The minimum Gasteiger partial charge on any atom is -0.396 e. The van der Waals surface area contributed by atoms with Crippen LogP contribution in [0.1, 0.15) is 40.0 Å². The lowest BCUT2D eigenvalue weighted by Gasteiger charge is -2.30. The van der Waals surface area contributed by atoms with Gasteiger partial charge in [0.15, 0.2) is 5.82 Å². The average molecular weight is 300 g/mol. The summed E-state index contributed by atoms with van der Waals surface area (Å²) >= 11 is 3.39. The van der Waals surface area contributed by atoms with Crippen LogP contribution in [0.25, 0.3) is 0 Å². The molecule has 96 valence electrons. The van der Waals surface area contributed by atoms with Gasteiger partial charge in [-0.2, -0.15) is 0 Å². The summed E-state index contributed by atoms with van der Waals surface area (Å²) in [5.74, 6) is 0.913. The van der Waals surface area contributed by atoms with Crippen LogP contribution in [-0.4, -0.2) is 17.6 Å². The minimum atomic E-state index is 0.470. The molecule has 0 aliphatic rings. The smallest absolute Gasteiger partial charge is 0.152 e. The summed E-state index contributed by atoms with van der Waals surface area (Å²) < 4.78 is 0.929. The van der Waals surface area contributed by atoms with Crippen molar-refractivity contribution < 1.29 is 0 Å². The van der Waals surface area contributed by atoms with Crippen LogP contribution in [0.4, 0.5) is 11.5 Å². The first-order chi connectivity index (χ1) is 8.10. The molecule has 0 aliphatic carbocycles. The maximum absolute atomic E-state index is 6.05. The van der Waals surface area contributed by atoms with E-state index >= 15 is 0 Å². The largest absolute Gasteiger partial charge is 0.396 e. The summed E-state index contributed by atoms with van der Waals surface area (Å²) in [7, 11) is 0. The third-order valence-corrected chi connectivity index (χ3v) is 3.44. The van der Waals surface area contributed by atoms with Gasteiger partial charge < -0.3 is 10.6 Å². The highest BCUT2D eigenvalue weighted by molar-refractivity contribution is 9.10. The maximum Gasteiger partial charge on any atom is 0.152 e. The molecule has 1 aromatic heterocycles. The normalized spacial score (nSPS) is 12.5. The van der Waals surface area contributed by atoms with Crippen LogP contribution in [0.3, 0.4) is 0 Å². The topological polar surface area (TPSA) is 42.2 Å². The lowest BCUT2D eigenvalue weighted by Crippen LogP contribution is -2.34. The highest BCUT2D eigenvalue weighted by atomic mass is 79.9. The van der Waals surface area contributed by atoms with Gasteiger partial charge in [-0.15, -0.1) is 0 Å². The van der Waals surface area contributed by atoms with Gasteiger partial charge in [-0.3, -0.25) is 0 Å². The Morgan fingerprint density at radius 2 is 2.18 bits per heavy atom. The van der Waals surface area contributed by atoms with Crippen LogP contribution >= 0.6 is 15.9 Å². The highest BCUT2D eigenvalue weighted by Crippen LogP contribution is 2.26. The fourth-order valence-electron chi connectivity index (χ4n) is 1.77. The number of unbranched alkanes of at least 4 members (excludes halogenated alkanes) is 1. The van der Waals surface area contributed by atoms with E-state index in [2.05, 4.69) is 46.6 Å². The first-order valence-electron chi connectivity index (χ1n) is 6.27. The summed E-state index contributed by atoms with van der Waals surface area (Å²) in [5.41, 5.74) is 6.80. The second-order valence-corrected chi connectivity index (χ2v) is 5.29. The molecule has 4 heteroatoms. The Balaban J connectivity index is 2.95. The van der Waals surface area contributed by atoms with E-state index in [1.54, 1.807) is 0 Å². The number of hydrogen-bond donors (Lipinski definition) is 1. The zero-order valence-corrected chi connectivity index (χ0v) is 12.5. The molecule has 0 saturated carbocycles. The number of nitrogens with zero attached hydrogens (tertiary/aromatic N) is 2. The van der Waals surface area contributed by atoms with Crippen molar-refractivity contribution in [3.8, 4) is 0 Å². The molecule has 1 rings (SSSR count). The molecule has 0 aromatic carbocycles. The van der Waals surface area contributed by atoms with Crippen molar-refractivity contribution in [2.45, 2.75) is 46.1 Å². The fraction of sp³-hybridized carbons (Fsp3) is 0.615. The summed E-state index contributed by atoms with van der Waals surface area (Å²) in [6.07, 6.45) is 5.26. The number of nitrogens with two attached hydrogens (primary N) is 1. The molecule has 0 spiro atoms. The second kappa shape index (κ2) is 6.84. The first-order valence-corrected chi connectivity index (χ1v) is 7.07. The van der Waals surface area contributed by atoms with Crippen molar-refractivity contribution in [3.63, 3.8) is 0 Å². The van der Waals surface area contributed by atoms with Gasteiger partial charge in [-0.05, 0) is 41.8 Å². The first kappa shape index (κ1) is 14.3. The Hall–Kier alpha value is -0.770. The SMILES string of the molecule is CCCCN(c1ncc(Br)cc1N)C(C)CC. The van der Waals surface area contributed by atoms with E-state index in [1.807, 2.05) is 12.3 Å². The Labute approximate surface area is 113 Å². The van der Waals surface area contributed by atoms with E-state index in [4.69, 9.17) is 5.73 Å². The molecule has 17 heavy (non-hydrogen) atoms. The Morgan fingerprint density at radius 3 is 2.71 bits per heavy atom. The summed E-state index contributed by atoms with van der Waals surface area (Å²) in [4.78, 5) is 6.76. The standard InChI is InChI=1S/C13H22BrN3/c1-4-6-7-17(10(3)5-2)13-12(15)8-11(14)9-16-13/h8-10H,4-7,15H2,1-3H3. The van der Waals surface area contributed by atoms with Gasteiger partial charge in [0.2, 0.25) is 0 Å². The predicted molar refractivity (Wildman–Crippen MR) is 78.4 cm³/mol. The molecule has 1 unspecified atom stereocenters. The summed E-state index contributed by atoms with van der Waals surface area (Å²) in [5, 5.41) is 0. The molecule has 3 nitrogen and oxygen atoms in total. The second-order valence-electron chi connectivity index (χ2n) is 4.37. The van der Waals surface area contributed by atoms with E-state index in [0.717, 1.165) is 28.9 Å². The number of rotatable bonds is 6. The molecule has 1 atom stereocenters. The van der Waals surface area contributed by atoms with E-state index in [0.29, 0.717) is 6.04 Å². The maximum atomic E-state index is 6.05. The fourth-order valence-corrected chi connectivity index (χ4v) is 2.12. The van der Waals surface area contributed by atoms with Crippen LogP contribution in [0.5, 0.6) is 0 Å². The quantitative estimate of drug-likeness (QED) is 0.868. The van der Waals surface area contributed by atoms with E-state index < -0.39 is 0 Å². The molecule has 1 aromatic rings. The van der Waals surface area contributed by atoms with Crippen LogP contribution in [0, 0.1) is 0 Å². The third-order valence-electron chi connectivity index (χ3n) is 3.01. The molecule has 0 amide bonds. The lowest BCUT2D eigenvalue weighted by atomic mass is 10.2. The molecular weight excluding hydrogens is 278 g/mol. The van der Waals surface area contributed by atoms with Gasteiger partial charge in [-0.25, -0.2) is 4.98 Å². The third kappa shape index (κ3) is 3.87. The van der Waals surface area contributed by atoms with Crippen molar-refractivity contribution in [2.24, 2.45) is 0 Å². The molecule has 0 aliphatic heterocycles. The van der Waals surface area contributed by atoms with Gasteiger partial charge in [0.05, 0.1) is 5.69 Å². The van der Waals surface area contributed by atoms with E-state index in [-0.39, 0.29) is 0 Å². The van der Waals surface area contributed by atoms with E-state index in [9.17, 15) is 0 Å². The number of hydrogen-bond acceptors (Lipinski definition) is 3. The van der Waals surface area contributed by atoms with Gasteiger partial charge in [0, 0.05) is 23.3 Å². The molecular formula is C13H22BrN3. The average Bonchev–Trinajstić information content (AvgIpc) is 2.31. The molecule has 0 fully saturated rings. The van der Waals surface area contributed by atoms with E-state index in [1.165, 1.54) is 12.8 Å². The molecule has 0 radical (unpaired) electrons. The number of pyridine rings is 1. The van der Waals surface area contributed by atoms with Crippen LogP contribution in [0.15, 0.2) is 16.7 Å². The van der Waals surface area contributed by atoms with Crippen LogP contribution < -0.4 is 10.6 Å². The van der Waals surface area contributed by atoms with Gasteiger partial charge >= 0.3 is 0 Å². The van der Waals surface area contributed by atoms with Gasteiger partial charge in [-0.1, -0.05) is 20.3 Å². The molecule has 0 bridgehead atoms. The molecule has 1 heterocycles. The minimum absolute atomic E-state index is 0.470. The monoisotopic (exact) mass is 299 g/mol. The summed E-state index contributed by atoms with van der Waals surface area (Å²) in [6, 6.07) is 2.39. The summed E-state index contributed by atoms with van der Waals surface area (Å²) in [6.45, 7) is 7.63. The van der Waals surface area contributed by atoms with Gasteiger partial charge in [0.25, 0.3) is 0 Å². The van der Waals surface area contributed by atoms with Crippen molar-refractivity contribution >= 4 is 27.4 Å². The Bertz CT molecular complexity index is 355. The van der Waals surface area contributed by atoms with Crippen molar-refractivity contribution in [3.05, 3.63) is 16.7 Å². The van der Waals surface area contributed by atoms with Crippen molar-refractivity contribution in [2.75, 3.05) is 17.2 Å². The number of nitrogen functional groups attached to an aromatic ring is 1. The number of aromatic nitrogens is 1. The van der Waals surface area contributed by atoms with Crippen molar-refractivity contribution in [1.29, 1.82) is 0 Å². The molecule has 0 saturated heterocycles. The van der Waals surface area contributed by atoms with Gasteiger partial charge in [0.1, 0.15) is 0 Å². The van der Waals surface area contributed by atoms with Crippen LogP contribution in [-0.2, 0) is 0 Å². The number of halogens is 1. The zero-order valence-electron chi connectivity index (χ0n) is 10.9. The Kier molecular flexibility index (Phi) is 5.75. The lowest BCUT2D eigenvalue weighted by molar-refractivity contribution is 0.590. The highest BCUT2D eigenvalue weighted by Gasteiger charge is 2.16. The zero-order chi connectivity index (χ0) is 12.8. The Morgan fingerprint density at radius 1 is 1.47 bits per heavy atom. The van der Waals surface area contributed by atoms with Crippen LogP contribution in [0.2, 0.25) is 0 Å². The predicted octanol–water partition coefficient (Wildman–Crippen LogP) is 3.83.